The molecule has 0 bridgehead atoms. The molecule has 32 heavy (non-hydrogen) atoms. The highest BCUT2D eigenvalue weighted by Crippen LogP contribution is 2.42. The largest absolute Gasteiger partial charge is 0.464 e. The number of anilines is 1. The summed E-state index contributed by atoms with van der Waals surface area (Å²) in [4.78, 5) is 28.9. The maximum Gasteiger partial charge on any atom is 0.280 e. The molecule has 4 aromatic rings. The van der Waals surface area contributed by atoms with Crippen molar-refractivity contribution in [3.63, 3.8) is 0 Å². The third-order valence-corrected chi connectivity index (χ3v) is 6.65. The maximum atomic E-state index is 13.4. The summed E-state index contributed by atoms with van der Waals surface area (Å²) in [6.07, 6.45) is 0.255. The SMILES string of the molecule is Cc1c(Br)cnn1CCC(=O)Nc1c(C(N)=O)sc2nc(C(F)F)cc(-c3ccco3)c12. The number of nitrogens with two attached hydrogens (primary N) is 1. The first kappa shape index (κ1) is 22.1. The summed E-state index contributed by atoms with van der Waals surface area (Å²) in [5, 5.41) is 7.20. The lowest BCUT2D eigenvalue weighted by Gasteiger charge is -2.10. The second-order valence-corrected chi connectivity index (χ2v) is 8.68. The molecule has 8 nitrogen and oxygen atoms in total. The standard InChI is InChI=1S/C20H16BrF2N5O3S/c1-9-11(21)8-25-28(9)5-4-14(29)27-16-15-10(13-3-2-6-31-13)7-12(18(22)23)26-20(15)32-17(16)19(24)30/h2-3,6-8,18H,4-5H2,1H3,(H2,24,30)(H,27,29). The molecule has 3 N–H and O–H groups in total. The molecular weight excluding hydrogens is 508 g/mol. The van der Waals surface area contributed by atoms with Gasteiger partial charge in [-0.05, 0) is 41.1 Å². The Labute approximate surface area is 192 Å². The average Bonchev–Trinajstić information content (AvgIpc) is 3.47. The van der Waals surface area contributed by atoms with E-state index in [1.165, 1.54) is 12.3 Å². The van der Waals surface area contributed by atoms with Crippen LogP contribution in [0.3, 0.4) is 0 Å². The van der Waals surface area contributed by atoms with Gasteiger partial charge in [0.25, 0.3) is 12.3 Å². The Morgan fingerprint density at radius 3 is 2.78 bits per heavy atom. The predicted octanol–water partition coefficient (Wildman–Crippen LogP) is 4.89. The number of alkyl halides is 2. The van der Waals surface area contributed by atoms with Crippen molar-refractivity contribution >= 4 is 55.0 Å². The van der Waals surface area contributed by atoms with Crippen LogP contribution in [0.1, 0.15) is 33.9 Å². The molecule has 0 saturated heterocycles. The van der Waals surface area contributed by atoms with Crippen LogP contribution in [0.25, 0.3) is 21.5 Å². The van der Waals surface area contributed by atoms with E-state index in [-0.39, 0.29) is 27.4 Å². The van der Waals surface area contributed by atoms with Crippen LogP contribution in [0, 0.1) is 6.92 Å². The minimum atomic E-state index is -2.83. The Hall–Kier alpha value is -3.12. The molecule has 4 heterocycles. The van der Waals surface area contributed by atoms with Crippen LogP contribution in [0.4, 0.5) is 14.5 Å². The van der Waals surface area contributed by atoms with Gasteiger partial charge >= 0.3 is 0 Å². The number of amides is 2. The van der Waals surface area contributed by atoms with E-state index in [2.05, 4.69) is 31.3 Å². The number of pyridine rings is 1. The predicted molar refractivity (Wildman–Crippen MR) is 119 cm³/mol. The summed E-state index contributed by atoms with van der Waals surface area (Å²) in [5.74, 6) is -0.915. The molecule has 2 amide bonds. The van der Waals surface area contributed by atoms with E-state index >= 15 is 0 Å². The zero-order valence-electron chi connectivity index (χ0n) is 16.6. The molecule has 12 heteroatoms. The van der Waals surface area contributed by atoms with E-state index in [0.717, 1.165) is 21.5 Å². The van der Waals surface area contributed by atoms with Gasteiger partial charge in [0, 0.05) is 23.1 Å². The number of thiophene rings is 1. The zero-order chi connectivity index (χ0) is 23.0. The van der Waals surface area contributed by atoms with Gasteiger partial charge in [-0.1, -0.05) is 0 Å². The lowest BCUT2D eigenvalue weighted by molar-refractivity contribution is -0.116. The molecule has 0 aliphatic heterocycles. The number of aromatic nitrogens is 3. The third kappa shape index (κ3) is 4.15. The van der Waals surface area contributed by atoms with E-state index in [1.54, 1.807) is 23.0 Å². The van der Waals surface area contributed by atoms with Crippen molar-refractivity contribution in [2.45, 2.75) is 26.3 Å². The van der Waals surface area contributed by atoms with Gasteiger partial charge in [0.05, 0.1) is 29.2 Å². The summed E-state index contributed by atoms with van der Waals surface area (Å²) < 4.78 is 34.7. The number of rotatable bonds is 7. The topological polar surface area (TPSA) is 116 Å². The molecule has 0 fully saturated rings. The third-order valence-electron chi connectivity index (χ3n) is 4.77. The molecule has 0 radical (unpaired) electrons. The van der Waals surface area contributed by atoms with Gasteiger partial charge in [0.2, 0.25) is 5.91 Å². The van der Waals surface area contributed by atoms with Crippen LogP contribution in [0.5, 0.6) is 0 Å². The molecule has 4 aromatic heterocycles. The van der Waals surface area contributed by atoms with Crippen LogP contribution in [-0.4, -0.2) is 26.6 Å². The Morgan fingerprint density at radius 2 is 2.19 bits per heavy atom. The van der Waals surface area contributed by atoms with Crippen LogP contribution in [0.2, 0.25) is 0 Å². The second kappa shape index (κ2) is 8.79. The monoisotopic (exact) mass is 523 g/mol. The highest BCUT2D eigenvalue weighted by molar-refractivity contribution is 9.10. The molecule has 4 rings (SSSR count). The number of carbonyl (C=O) groups excluding carboxylic acids is 2. The number of hydrogen-bond acceptors (Lipinski definition) is 6. The number of fused-ring (bicyclic) bond motifs is 1. The van der Waals surface area contributed by atoms with Gasteiger partial charge in [0.15, 0.2) is 0 Å². The summed E-state index contributed by atoms with van der Waals surface area (Å²) in [5.41, 5.74) is 6.30. The molecule has 166 valence electrons. The first-order valence-electron chi connectivity index (χ1n) is 9.33. The number of nitrogens with one attached hydrogen (secondary N) is 1. The van der Waals surface area contributed by atoms with Crippen molar-refractivity contribution in [1.82, 2.24) is 14.8 Å². The van der Waals surface area contributed by atoms with Crippen molar-refractivity contribution in [2.24, 2.45) is 5.73 Å². The van der Waals surface area contributed by atoms with Gasteiger partial charge in [-0.3, -0.25) is 14.3 Å². The fourth-order valence-corrected chi connectivity index (χ4v) is 4.52. The Morgan fingerprint density at radius 1 is 1.41 bits per heavy atom. The summed E-state index contributed by atoms with van der Waals surface area (Å²) in [6.45, 7) is 2.16. The smallest absolute Gasteiger partial charge is 0.280 e. The van der Waals surface area contributed by atoms with Crippen LogP contribution < -0.4 is 11.1 Å². The average molecular weight is 524 g/mol. The van der Waals surface area contributed by atoms with Crippen molar-refractivity contribution < 1.29 is 22.8 Å². The molecule has 0 aliphatic rings. The minimum absolute atomic E-state index is 0.0121. The van der Waals surface area contributed by atoms with E-state index in [1.807, 2.05) is 6.92 Å². The number of halogens is 3. The lowest BCUT2D eigenvalue weighted by Crippen LogP contribution is -2.18. The maximum absolute atomic E-state index is 13.4. The number of carbonyl (C=O) groups is 2. The highest BCUT2D eigenvalue weighted by atomic mass is 79.9. The fourth-order valence-electron chi connectivity index (χ4n) is 3.21. The zero-order valence-corrected chi connectivity index (χ0v) is 19.0. The quantitative estimate of drug-likeness (QED) is 0.357. The molecule has 0 saturated carbocycles. The first-order valence-corrected chi connectivity index (χ1v) is 10.9. The van der Waals surface area contributed by atoms with Crippen molar-refractivity contribution in [2.75, 3.05) is 5.32 Å². The van der Waals surface area contributed by atoms with Crippen LogP contribution in [0.15, 0.2) is 39.5 Å². The number of aryl methyl sites for hydroxylation is 1. The Kier molecular flexibility index (Phi) is 6.07. The van der Waals surface area contributed by atoms with Crippen molar-refractivity contribution in [1.29, 1.82) is 0 Å². The number of furan rings is 1. The summed E-state index contributed by atoms with van der Waals surface area (Å²) in [6, 6.07) is 4.38. The van der Waals surface area contributed by atoms with Gasteiger partial charge in [-0.25, -0.2) is 13.8 Å². The molecule has 0 aliphatic carbocycles. The van der Waals surface area contributed by atoms with Crippen molar-refractivity contribution in [3.05, 3.63) is 51.4 Å². The summed E-state index contributed by atoms with van der Waals surface area (Å²) in [7, 11) is 0. The van der Waals surface area contributed by atoms with Gasteiger partial charge < -0.3 is 15.5 Å². The van der Waals surface area contributed by atoms with E-state index < -0.39 is 23.9 Å². The number of nitrogens with zero attached hydrogens (tertiary/aromatic N) is 3. The van der Waals surface area contributed by atoms with Crippen molar-refractivity contribution in [3.8, 4) is 11.3 Å². The Bertz CT molecular complexity index is 1320. The van der Waals surface area contributed by atoms with Crippen LogP contribution in [-0.2, 0) is 11.3 Å². The Balaban J connectivity index is 1.75. The van der Waals surface area contributed by atoms with E-state index in [4.69, 9.17) is 10.2 Å². The lowest BCUT2D eigenvalue weighted by atomic mass is 10.1. The van der Waals surface area contributed by atoms with Gasteiger partial charge in [-0.2, -0.15) is 5.10 Å². The molecule has 0 atom stereocenters. The van der Waals surface area contributed by atoms with E-state index in [9.17, 15) is 18.4 Å². The molecule has 0 aromatic carbocycles. The van der Waals surface area contributed by atoms with Gasteiger partial charge in [0.1, 0.15) is 21.2 Å². The highest BCUT2D eigenvalue weighted by Gasteiger charge is 2.25. The first-order chi connectivity index (χ1) is 15.3. The number of primary amides is 1. The molecule has 0 spiro atoms. The second-order valence-electron chi connectivity index (χ2n) is 6.82. The molecular formula is C20H16BrF2N5O3S. The van der Waals surface area contributed by atoms with E-state index in [0.29, 0.717) is 17.7 Å². The van der Waals surface area contributed by atoms with Crippen LogP contribution >= 0.6 is 27.3 Å². The number of hydrogen-bond donors (Lipinski definition) is 2. The fraction of sp³-hybridized carbons (Fsp3) is 0.200. The van der Waals surface area contributed by atoms with Gasteiger partial charge in [-0.15, -0.1) is 11.3 Å². The normalized spacial score (nSPS) is 11.4. The molecule has 0 unspecified atom stereocenters. The minimum Gasteiger partial charge on any atom is -0.464 e. The summed E-state index contributed by atoms with van der Waals surface area (Å²) >= 11 is 4.20.